The van der Waals surface area contributed by atoms with Crippen LogP contribution in [-0.2, 0) is 11.3 Å². The molecule has 0 spiro atoms. The number of benzene rings is 3. The minimum absolute atomic E-state index is 0.0300. The summed E-state index contributed by atoms with van der Waals surface area (Å²) in [6.45, 7) is 3.29. The number of amides is 1. The molecule has 0 bridgehead atoms. The summed E-state index contributed by atoms with van der Waals surface area (Å²) in [6, 6.07) is 28.6. The van der Waals surface area contributed by atoms with E-state index in [4.69, 9.17) is 9.97 Å². The van der Waals surface area contributed by atoms with Gasteiger partial charge in [0.1, 0.15) is 11.6 Å². The Kier molecular flexibility index (Phi) is 6.52. The maximum atomic E-state index is 12.9. The van der Waals surface area contributed by atoms with Gasteiger partial charge in [0.15, 0.2) is 0 Å². The number of fused-ring (bicyclic) bond motifs is 1. The molecule has 5 rings (SSSR count). The molecule has 3 aromatic carbocycles. The van der Waals surface area contributed by atoms with E-state index >= 15 is 0 Å². The zero-order valence-corrected chi connectivity index (χ0v) is 19.5. The van der Waals surface area contributed by atoms with E-state index in [1.807, 2.05) is 55.5 Å². The SMILES string of the molecule is CC(NC(=O)CCN(Cc1ccccc1)c1nc(C2CC2)nc2ccccc12)c1ccccc1. The lowest BCUT2D eigenvalue weighted by molar-refractivity contribution is -0.121. The summed E-state index contributed by atoms with van der Waals surface area (Å²) in [5.74, 6) is 2.33. The molecule has 1 heterocycles. The number of rotatable bonds is 9. The monoisotopic (exact) mass is 450 g/mol. The number of hydrogen-bond acceptors (Lipinski definition) is 4. The van der Waals surface area contributed by atoms with E-state index in [2.05, 4.69) is 46.6 Å². The predicted molar refractivity (Wildman–Crippen MR) is 137 cm³/mol. The van der Waals surface area contributed by atoms with E-state index < -0.39 is 0 Å². The molecule has 1 saturated carbocycles. The minimum atomic E-state index is -0.0300. The average Bonchev–Trinajstić information content (AvgIpc) is 3.73. The fourth-order valence-corrected chi connectivity index (χ4v) is 4.28. The Hall–Kier alpha value is -3.73. The molecular formula is C29H30N4O. The lowest BCUT2D eigenvalue weighted by Gasteiger charge is -2.26. The van der Waals surface area contributed by atoms with E-state index in [9.17, 15) is 4.79 Å². The van der Waals surface area contributed by atoms with Gasteiger partial charge in [0.05, 0.1) is 11.6 Å². The van der Waals surface area contributed by atoms with Crippen molar-refractivity contribution < 1.29 is 4.79 Å². The van der Waals surface area contributed by atoms with Crippen LogP contribution in [0, 0.1) is 0 Å². The van der Waals surface area contributed by atoms with Crippen LogP contribution < -0.4 is 10.2 Å². The van der Waals surface area contributed by atoms with Crippen LogP contribution in [0.3, 0.4) is 0 Å². The van der Waals surface area contributed by atoms with Crippen molar-refractivity contribution in [1.29, 1.82) is 0 Å². The standard InChI is InChI=1S/C29H30N4O/c1-21(23-12-6-3-7-13-23)30-27(34)18-19-33(20-22-10-4-2-5-11-22)29-25-14-8-9-15-26(25)31-28(32-29)24-16-17-24/h2-15,21,24H,16-20H2,1H3,(H,30,34). The molecule has 1 aromatic heterocycles. The van der Waals surface area contributed by atoms with Gasteiger partial charge >= 0.3 is 0 Å². The van der Waals surface area contributed by atoms with Gasteiger partial charge in [0.25, 0.3) is 0 Å². The summed E-state index contributed by atoms with van der Waals surface area (Å²) in [5, 5.41) is 4.17. The van der Waals surface area contributed by atoms with Crippen molar-refractivity contribution in [1.82, 2.24) is 15.3 Å². The van der Waals surface area contributed by atoms with Crippen molar-refractivity contribution in [3.8, 4) is 0 Å². The van der Waals surface area contributed by atoms with Gasteiger partial charge in [0, 0.05) is 30.8 Å². The Balaban J connectivity index is 1.40. The summed E-state index contributed by atoms with van der Waals surface area (Å²) in [5.41, 5.74) is 3.26. The van der Waals surface area contributed by atoms with Crippen LogP contribution in [0.25, 0.3) is 10.9 Å². The average molecular weight is 451 g/mol. The predicted octanol–water partition coefficient (Wildman–Crippen LogP) is 5.78. The third-order valence-corrected chi connectivity index (χ3v) is 6.34. The van der Waals surface area contributed by atoms with E-state index in [-0.39, 0.29) is 11.9 Å². The van der Waals surface area contributed by atoms with Crippen molar-refractivity contribution in [2.24, 2.45) is 0 Å². The molecule has 172 valence electrons. The molecule has 0 aliphatic heterocycles. The molecule has 1 fully saturated rings. The van der Waals surface area contributed by atoms with E-state index in [1.54, 1.807) is 0 Å². The van der Waals surface area contributed by atoms with Crippen LogP contribution in [0.4, 0.5) is 5.82 Å². The van der Waals surface area contributed by atoms with Crippen molar-refractivity contribution in [2.75, 3.05) is 11.4 Å². The first-order chi connectivity index (χ1) is 16.7. The van der Waals surface area contributed by atoms with Crippen LogP contribution in [0.1, 0.15) is 55.1 Å². The van der Waals surface area contributed by atoms with Crippen LogP contribution in [-0.4, -0.2) is 22.4 Å². The molecule has 1 amide bonds. The second-order valence-electron chi connectivity index (χ2n) is 9.05. The van der Waals surface area contributed by atoms with Crippen molar-refractivity contribution in [3.63, 3.8) is 0 Å². The van der Waals surface area contributed by atoms with Crippen LogP contribution >= 0.6 is 0 Å². The Morgan fingerprint density at radius 3 is 2.35 bits per heavy atom. The number of anilines is 1. The summed E-state index contributed by atoms with van der Waals surface area (Å²) < 4.78 is 0. The van der Waals surface area contributed by atoms with E-state index in [0.29, 0.717) is 25.4 Å². The second kappa shape index (κ2) is 10.0. The molecule has 0 radical (unpaired) electrons. The Morgan fingerprint density at radius 1 is 0.941 bits per heavy atom. The number of nitrogens with one attached hydrogen (secondary N) is 1. The third-order valence-electron chi connectivity index (χ3n) is 6.34. The molecule has 1 atom stereocenters. The van der Waals surface area contributed by atoms with Crippen LogP contribution in [0.2, 0.25) is 0 Å². The van der Waals surface area contributed by atoms with Gasteiger partial charge < -0.3 is 10.2 Å². The second-order valence-corrected chi connectivity index (χ2v) is 9.05. The maximum Gasteiger partial charge on any atom is 0.222 e. The summed E-state index contributed by atoms with van der Waals surface area (Å²) >= 11 is 0. The topological polar surface area (TPSA) is 58.1 Å². The molecule has 5 nitrogen and oxygen atoms in total. The summed E-state index contributed by atoms with van der Waals surface area (Å²) in [7, 11) is 0. The lowest BCUT2D eigenvalue weighted by atomic mass is 10.1. The molecule has 0 saturated heterocycles. The maximum absolute atomic E-state index is 12.9. The van der Waals surface area contributed by atoms with Gasteiger partial charge in [0.2, 0.25) is 5.91 Å². The number of nitrogens with zero attached hydrogens (tertiary/aromatic N) is 3. The van der Waals surface area contributed by atoms with Gasteiger partial charge in [-0.2, -0.15) is 0 Å². The normalized spacial score (nSPS) is 14.0. The highest BCUT2D eigenvalue weighted by atomic mass is 16.1. The smallest absolute Gasteiger partial charge is 0.222 e. The molecule has 1 N–H and O–H groups in total. The highest BCUT2D eigenvalue weighted by Crippen LogP contribution is 2.40. The van der Waals surface area contributed by atoms with Crippen molar-refractivity contribution in [2.45, 2.75) is 44.7 Å². The Bertz CT molecular complexity index is 1260. The quantitative estimate of drug-likeness (QED) is 0.351. The number of para-hydroxylation sites is 1. The van der Waals surface area contributed by atoms with Gasteiger partial charge in [-0.05, 0) is 43.0 Å². The Labute approximate surface area is 200 Å². The molecule has 34 heavy (non-hydrogen) atoms. The zero-order valence-electron chi connectivity index (χ0n) is 19.5. The minimum Gasteiger partial charge on any atom is -0.351 e. The first kappa shape index (κ1) is 22.1. The van der Waals surface area contributed by atoms with Gasteiger partial charge in [-0.25, -0.2) is 9.97 Å². The molecular weight excluding hydrogens is 420 g/mol. The zero-order chi connectivity index (χ0) is 23.3. The lowest BCUT2D eigenvalue weighted by Crippen LogP contribution is -2.32. The van der Waals surface area contributed by atoms with Crippen molar-refractivity contribution in [3.05, 3.63) is 102 Å². The highest BCUT2D eigenvalue weighted by Gasteiger charge is 2.28. The fraction of sp³-hybridized carbons (Fsp3) is 0.276. The van der Waals surface area contributed by atoms with Crippen molar-refractivity contribution >= 4 is 22.6 Å². The molecule has 1 unspecified atom stereocenters. The first-order valence-electron chi connectivity index (χ1n) is 12.1. The van der Waals surface area contributed by atoms with Gasteiger partial charge in [-0.3, -0.25) is 4.79 Å². The van der Waals surface area contributed by atoms with Gasteiger partial charge in [-0.1, -0.05) is 72.8 Å². The molecule has 5 heteroatoms. The number of carbonyl (C=O) groups excluding carboxylic acids is 1. The summed E-state index contributed by atoms with van der Waals surface area (Å²) in [4.78, 5) is 25.0. The largest absolute Gasteiger partial charge is 0.351 e. The van der Waals surface area contributed by atoms with E-state index in [0.717, 1.165) is 41.0 Å². The third kappa shape index (κ3) is 5.25. The molecule has 1 aliphatic carbocycles. The number of aromatic nitrogens is 2. The molecule has 4 aromatic rings. The number of carbonyl (C=O) groups is 1. The van der Waals surface area contributed by atoms with Crippen LogP contribution in [0.5, 0.6) is 0 Å². The molecule has 1 aliphatic rings. The Morgan fingerprint density at radius 2 is 1.62 bits per heavy atom. The first-order valence-corrected chi connectivity index (χ1v) is 12.1. The van der Waals surface area contributed by atoms with Gasteiger partial charge in [-0.15, -0.1) is 0 Å². The summed E-state index contributed by atoms with van der Waals surface area (Å²) in [6.07, 6.45) is 2.69. The fourth-order valence-electron chi connectivity index (χ4n) is 4.28. The highest BCUT2D eigenvalue weighted by molar-refractivity contribution is 5.90. The number of hydrogen-bond donors (Lipinski definition) is 1. The van der Waals surface area contributed by atoms with Crippen LogP contribution in [0.15, 0.2) is 84.9 Å². The van der Waals surface area contributed by atoms with E-state index in [1.165, 1.54) is 5.56 Å².